The maximum atomic E-state index is 13.4. The Balaban J connectivity index is 0.944. The summed E-state index contributed by atoms with van der Waals surface area (Å²) in [5.41, 5.74) is 3.92. The molecule has 4 aromatic carbocycles. The summed E-state index contributed by atoms with van der Waals surface area (Å²) >= 11 is 0. The van der Waals surface area contributed by atoms with Gasteiger partial charge in [0.15, 0.2) is 12.2 Å². The number of methoxy groups -OCH3 is 2. The minimum absolute atomic E-state index is 0.238. The number of nitrogens with zero attached hydrogens (tertiary/aromatic N) is 4. The summed E-state index contributed by atoms with van der Waals surface area (Å²) in [5.74, 6) is -0.424. The van der Waals surface area contributed by atoms with Gasteiger partial charge in [-0.15, -0.1) is 10.2 Å². The summed E-state index contributed by atoms with van der Waals surface area (Å²) < 4.78 is 17.0. The average Bonchev–Trinajstić information content (AvgIpc) is 4.02. The molecule has 4 atom stereocenters. The Kier molecular flexibility index (Phi) is 11.4. The molecule has 5 aromatic rings. The molecule has 1 aromatic heterocycles. The first-order valence-corrected chi connectivity index (χ1v) is 18.3. The Morgan fingerprint density at radius 3 is 1.35 bits per heavy atom. The van der Waals surface area contributed by atoms with E-state index in [0.29, 0.717) is 60.2 Å². The van der Waals surface area contributed by atoms with E-state index in [1.165, 1.54) is 14.2 Å². The van der Waals surface area contributed by atoms with Crippen LogP contribution in [0.3, 0.4) is 0 Å². The van der Waals surface area contributed by atoms with E-state index in [1.54, 1.807) is 58.3 Å². The molecule has 0 radical (unpaired) electrons. The van der Waals surface area contributed by atoms with E-state index in [4.69, 9.17) is 13.9 Å². The summed E-state index contributed by atoms with van der Waals surface area (Å²) in [6.07, 6.45) is 0.990. The van der Waals surface area contributed by atoms with Crippen molar-refractivity contribution in [1.82, 2.24) is 20.0 Å². The quantitative estimate of drug-likeness (QED) is 0.156. The van der Waals surface area contributed by atoms with E-state index >= 15 is 0 Å². The van der Waals surface area contributed by atoms with E-state index in [-0.39, 0.29) is 23.6 Å². The number of likely N-dealkylation sites (tertiary alicyclic amines) is 2. The number of anilines is 2. The van der Waals surface area contributed by atoms with Crippen molar-refractivity contribution in [2.24, 2.45) is 0 Å². The topological polar surface area (TPSA) is 156 Å². The van der Waals surface area contributed by atoms with Crippen molar-refractivity contribution in [3.8, 4) is 22.9 Å². The Labute approximate surface area is 318 Å². The van der Waals surface area contributed by atoms with Crippen LogP contribution in [0.5, 0.6) is 0 Å². The summed E-state index contributed by atoms with van der Waals surface area (Å²) in [7, 11) is 2.99. The number of hydrogen-bond donors (Lipinski definition) is 2. The van der Waals surface area contributed by atoms with Crippen molar-refractivity contribution >= 4 is 35.0 Å². The van der Waals surface area contributed by atoms with E-state index < -0.39 is 24.3 Å². The Hall–Kier alpha value is -6.18. The van der Waals surface area contributed by atoms with E-state index in [0.717, 1.165) is 24.0 Å². The van der Waals surface area contributed by atoms with Gasteiger partial charge in [-0.1, -0.05) is 60.7 Å². The molecule has 282 valence electrons. The standard InChI is InChI=1S/C42H42N6O7/c1-53-35(27-11-5-3-6-12-27)41(51)47-25-9-15-33(47)37(49)43-31-21-17-29(18-22-31)39-45-46-40(55-39)30-19-23-32(24-20-30)44-38(50)34-16-10-26-48(34)42(52)36(54-2)28-13-7-4-8-14-28/h3-8,11-14,17-24,33-36H,9-10,15-16,25-26H2,1-2H3,(H,43,49)(H,44,50). The molecule has 13 nitrogen and oxygen atoms in total. The SMILES string of the molecule is COC(C(=O)N1CCCC1C(=O)Nc1ccc(-c2nnc(-c3ccc(NC(=O)C4CCCN4C(=O)C(OC)c4ccccc4)cc3)o2)cc1)c1ccccc1. The number of nitrogens with one attached hydrogen (secondary N) is 2. The van der Waals surface area contributed by atoms with E-state index in [1.807, 2.05) is 60.7 Å². The van der Waals surface area contributed by atoms with Gasteiger partial charge in [-0.05, 0) is 85.3 Å². The Bertz CT molecular complexity index is 1960. The van der Waals surface area contributed by atoms with Gasteiger partial charge >= 0.3 is 0 Å². The van der Waals surface area contributed by atoms with Crippen molar-refractivity contribution < 1.29 is 33.1 Å². The lowest BCUT2D eigenvalue weighted by Gasteiger charge is -2.27. The number of carbonyl (C=O) groups is 4. The number of benzene rings is 4. The van der Waals surface area contributed by atoms with Crippen LogP contribution >= 0.6 is 0 Å². The smallest absolute Gasteiger partial charge is 0.257 e. The highest BCUT2D eigenvalue weighted by atomic mass is 16.5. The fourth-order valence-corrected chi connectivity index (χ4v) is 7.22. The van der Waals surface area contributed by atoms with E-state index in [9.17, 15) is 19.2 Å². The molecule has 0 bridgehead atoms. The second kappa shape index (κ2) is 16.9. The first-order valence-electron chi connectivity index (χ1n) is 18.3. The zero-order valence-electron chi connectivity index (χ0n) is 30.6. The lowest BCUT2D eigenvalue weighted by Crippen LogP contribution is -2.45. The second-order valence-corrected chi connectivity index (χ2v) is 13.5. The second-order valence-electron chi connectivity index (χ2n) is 13.5. The summed E-state index contributed by atoms with van der Waals surface area (Å²) in [5, 5.41) is 14.3. The van der Waals surface area contributed by atoms with Crippen LogP contribution in [-0.2, 0) is 28.7 Å². The third-order valence-corrected chi connectivity index (χ3v) is 10.0. The highest BCUT2D eigenvalue weighted by Gasteiger charge is 2.39. The minimum atomic E-state index is -0.784. The van der Waals surface area contributed by atoms with Crippen LogP contribution in [0, 0.1) is 0 Å². The van der Waals surface area contributed by atoms with Crippen LogP contribution in [-0.4, -0.2) is 83.0 Å². The summed E-state index contributed by atoms with van der Waals surface area (Å²) in [6, 6.07) is 31.3. The predicted molar refractivity (Wildman–Crippen MR) is 204 cm³/mol. The number of hydrogen-bond acceptors (Lipinski definition) is 9. The summed E-state index contributed by atoms with van der Waals surface area (Å²) in [6.45, 7) is 0.956. The number of rotatable bonds is 12. The zero-order valence-corrected chi connectivity index (χ0v) is 30.6. The lowest BCUT2D eigenvalue weighted by molar-refractivity contribution is -0.146. The highest BCUT2D eigenvalue weighted by Crippen LogP contribution is 2.30. The van der Waals surface area contributed by atoms with Gasteiger partial charge in [-0.25, -0.2) is 0 Å². The number of amides is 4. The molecular weight excluding hydrogens is 700 g/mol. The van der Waals surface area contributed by atoms with Crippen LogP contribution in [0.15, 0.2) is 114 Å². The van der Waals surface area contributed by atoms with Crippen LogP contribution in [0.4, 0.5) is 11.4 Å². The van der Waals surface area contributed by atoms with Gasteiger partial charge < -0.3 is 34.3 Å². The lowest BCUT2D eigenvalue weighted by atomic mass is 10.1. The maximum absolute atomic E-state index is 13.4. The largest absolute Gasteiger partial charge is 0.416 e. The molecule has 0 saturated carbocycles. The molecule has 3 heterocycles. The van der Waals surface area contributed by atoms with Crippen LogP contribution < -0.4 is 10.6 Å². The number of ether oxygens (including phenoxy) is 2. The van der Waals surface area contributed by atoms with Crippen LogP contribution in [0.25, 0.3) is 22.9 Å². The molecular formula is C42H42N6O7. The number of carbonyl (C=O) groups excluding carboxylic acids is 4. The fraction of sp³-hybridized carbons (Fsp3) is 0.286. The molecule has 7 rings (SSSR count). The Morgan fingerprint density at radius 1 is 0.600 bits per heavy atom. The first-order chi connectivity index (χ1) is 26.8. The van der Waals surface area contributed by atoms with Crippen molar-refractivity contribution in [3.63, 3.8) is 0 Å². The van der Waals surface area contributed by atoms with Crippen molar-refractivity contribution in [1.29, 1.82) is 0 Å². The van der Waals surface area contributed by atoms with Gasteiger partial charge in [0.2, 0.25) is 23.6 Å². The highest BCUT2D eigenvalue weighted by molar-refractivity contribution is 5.99. The molecule has 13 heteroatoms. The summed E-state index contributed by atoms with van der Waals surface area (Å²) in [4.78, 5) is 56.7. The van der Waals surface area contributed by atoms with Crippen molar-refractivity contribution in [2.45, 2.75) is 50.0 Å². The molecule has 4 unspecified atom stereocenters. The van der Waals surface area contributed by atoms with Gasteiger partial charge in [-0.3, -0.25) is 19.2 Å². The van der Waals surface area contributed by atoms with Crippen molar-refractivity contribution in [2.75, 3.05) is 37.9 Å². The van der Waals surface area contributed by atoms with Gasteiger partial charge in [0.1, 0.15) is 12.1 Å². The van der Waals surface area contributed by atoms with Crippen LogP contribution in [0.1, 0.15) is 49.0 Å². The molecule has 2 aliphatic heterocycles. The third-order valence-electron chi connectivity index (χ3n) is 10.0. The van der Waals surface area contributed by atoms with Gasteiger partial charge in [0.05, 0.1) is 0 Å². The van der Waals surface area contributed by atoms with E-state index in [2.05, 4.69) is 20.8 Å². The third kappa shape index (κ3) is 8.17. The van der Waals surface area contributed by atoms with Gasteiger partial charge in [0.25, 0.3) is 11.8 Å². The molecule has 2 aliphatic rings. The minimum Gasteiger partial charge on any atom is -0.416 e. The monoisotopic (exact) mass is 742 g/mol. The molecule has 2 fully saturated rings. The van der Waals surface area contributed by atoms with Crippen LogP contribution in [0.2, 0.25) is 0 Å². The molecule has 2 saturated heterocycles. The normalized spacial score (nSPS) is 17.8. The first kappa shape index (κ1) is 37.1. The Morgan fingerprint density at radius 2 is 0.982 bits per heavy atom. The van der Waals surface area contributed by atoms with Gasteiger partial charge in [-0.2, -0.15) is 0 Å². The predicted octanol–water partition coefficient (Wildman–Crippen LogP) is 6.04. The zero-order chi connectivity index (χ0) is 38.3. The molecule has 0 aliphatic carbocycles. The fourth-order valence-electron chi connectivity index (χ4n) is 7.22. The number of aromatic nitrogens is 2. The van der Waals surface area contributed by atoms with Crippen molar-refractivity contribution in [3.05, 3.63) is 120 Å². The van der Waals surface area contributed by atoms with Gasteiger partial charge in [0, 0.05) is 49.8 Å². The molecule has 55 heavy (non-hydrogen) atoms. The maximum Gasteiger partial charge on any atom is 0.257 e. The molecule has 0 spiro atoms. The molecule has 4 amide bonds. The average molecular weight is 743 g/mol. The molecule has 2 N–H and O–H groups in total.